The minimum absolute atomic E-state index is 0.101. The summed E-state index contributed by atoms with van der Waals surface area (Å²) < 4.78 is 6.32. The van der Waals surface area contributed by atoms with Gasteiger partial charge in [0.2, 0.25) is 0 Å². The van der Waals surface area contributed by atoms with E-state index in [0.29, 0.717) is 0 Å². The zero-order chi connectivity index (χ0) is 30.8. The van der Waals surface area contributed by atoms with E-state index in [1.807, 2.05) is 18.2 Å². The Morgan fingerprint density at radius 1 is 0.457 bits per heavy atom. The fraction of sp³-hybridized carbons (Fsp3) is 0.0682. The molecule has 218 valence electrons. The second kappa shape index (κ2) is 10.2. The van der Waals surface area contributed by atoms with Gasteiger partial charge in [-0.05, 0) is 80.9 Å². The molecule has 0 saturated heterocycles. The Morgan fingerprint density at radius 3 is 1.76 bits per heavy atom. The largest absolute Gasteiger partial charge is 0.456 e. The fourth-order valence-corrected chi connectivity index (χ4v) is 7.33. The highest BCUT2D eigenvalue weighted by atomic mass is 16.3. The molecule has 0 spiro atoms. The van der Waals surface area contributed by atoms with Gasteiger partial charge in [-0.1, -0.05) is 129 Å². The summed E-state index contributed by atoms with van der Waals surface area (Å²) in [6, 6.07) is 54.0. The van der Waals surface area contributed by atoms with E-state index in [4.69, 9.17) is 9.40 Å². The molecule has 0 N–H and O–H groups in total. The van der Waals surface area contributed by atoms with E-state index in [-0.39, 0.29) is 5.41 Å². The number of rotatable bonds is 4. The van der Waals surface area contributed by atoms with E-state index >= 15 is 0 Å². The number of benzene rings is 6. The lowest BCUT2D eigenvalue weighted by Crippen LogP contribution is -2.14. The predicted octanol–water partition coefficient (Wildman–Crippen LogP) is 12.0. The monoisotopic (exact) mass is 589 g/mol. The molecule has 0 fully saturated rings. The zero-order valence-electron chi connectivity index (χ0n) is 25.8. The van der Waals surface area contributed by atoms with Crippen molar-refractivity contribution in [2.45, 2.75) is 19.3 Å². The van der Waals surface area contributed by atoms with Crippen molar-refractivity contribution in [1.82, 2.24) is 4.98 Å². The lowest BCUT2D eigenvalue weighted by molar-refractivity contribution is 0.656. The van der Waals surface area contributed by atoms with Crippen molar-refractivity contribution in [3.05, 3.63) is 163 Å². The van der Waals surface area contributed by atoms with Crippen LogP contribution in [0.1, 0.15) is 25.0 Å². The SMILES string of the molecule is CC1(C)c2ccc(-c3cccc(-c4cc(-c5ccccc5)nc(-c5ccccc5)c4)c3)cc2-c2c1ccc1oc3ccccc3c21. The molecule has 0 amide bonds. The molecule has 0 unspecified atom stereocenters. The van der Waals surface area contributed by atoms with E-state index in [9.17, 15) is 0 Å². The minimum Gasteiger partial charge on any atom is -0.456 e. The molecule has 0 radical (unpaired) electrons. The van der Waals surface area contributed by atoms with Gasteiger partial charge in [0.05, 0.1) is 11.4 Å². The van der Waals surface area contributed by atoms with E-state index in [0.717, 1.165) is 39.2 Å². The van der Waals surface area contributed by atoms with Crippen LogP contribution in [0.15, 0.2) is 156 Å². The molecule has 0 aliphatic heterocycles. The Hall–Kier alpha value is -5.73. The first-order valence-corrected chi connectivity index (χ1v) is 15.9. The highest BCUT2D eigenvalue weighted by molar-refractivity contribution is 6.15. The van der Waals surface area contributed by atoms with Crippen molar-refractivity contribution in [3.63, 3.8) is 0 Å². The Balaban J connectivity index is 1.20. The fourth-order valence-electron chi connectivity index (χ4n) is 7.33. The molecule has 6 aromatic carbocycles. The van der Waals surface area contributed by atoms with Crippen molar-refractivity contribution < 1.29 is 4.42 Å². The Kier molecular flexibility index (Phi) is 5.88. The van der Waals surface area contributed by atoms with Crippen LogP contribution in [0.25, 0.3) is 77.8 Å². The molecule has 2 nitrogen and oxygen atoms in total. The average Bonchev–Trinajstić information content (AvgIpc) is 3.60. The van der Waals surface area contributed by atoms with Crippen LogP contribution in [0.3, 0.4) is 0 Å². The van der Waals surface area contributed by atoms with Crippen molar-refractivity contribution >= 4 is 21.9 Å². The van der Waals surface area contributed by atoms with E-state index in [2.05, 4.69) is 147 Å². The van der Waals surface area contributed by atoms with Crippen LogP contribution < -0.4 is 0 Å². The highest BCUT2D eigenvalue weighted by Gasteiger charge is 2.37. The number of hydrogen-bond donors (Lipinski definition) is 0. The quantitative estimate of drug-likeness (QED) is 0.204. The van der Waals surface area contributed by atoms with Crippen molar-refractivity contribution in [2.75, 3.05) is 0 Å². The maximum atomic E-state index is 6.32. The smallest absolute Gasteiger partial charge is 0.136 e. The van der Waals surface area contributed by atoms with Gasteiger partial charge in [-0.25, -0.2) is 4.98 Å². The van der Waals surface area contributed by atoms with E-state index in [1.165, 1.54) is 49.7 Å². The van der Waals surface area contributed by atoms with Crippen LogP contribution >= 0.6 is 0 Å². The number of furan rings is 1. The molecule has 2 aromatic heterocycles. The predicted molar refractivity (Wildman–Crippen MR) is 191 cm³/mol. The van der Waals surface area contributed by atoms with Crippen LogP contribution in [0, 0.1) is 0 Å². The second-order valence-electron chi connectivity index (χ2n) is 12.8. The number of nitrogens with zero attached hydrogens (tertiary/aromatic N) is 1. The van der Waals surface area contributed by atoms with Crippen LogP contribution in [-0.4, -0.2) is 4.98 Å². The van der Waals surface area contributed by atoms with Gasteiger partial charge < -0.3 is 4.42 Å². The molecule has 0 saturated carbocycles. The van der Waals surface area contributed by atoms with Crippen molar-refractivity contribution in [1.29, 1.82) is 0 Å². The second-order valence-corrected chi connectivity index (χ2v) is 12.8. The summed E-state index contributed by atoms with van der Waals surface area (Å²) in [5.41, 5.74) is 15.9. The number of pyridine rings is 1. The Bertz CT molecular complexity index is 2380. The molecule has 1 aliphatic carbocycles. The standard InChI is InChI=1S/C44H31NO/c1-44(2)36-21-20-32(25-35(36)42-37(44)22-23-41-43(42)34-18-9-10-19-40(34)46-41)30-16-11-17-31(24-30)33-26-38(28-12-5-3-6-13-28)45-39(27-33)29-14-7-4-8-15-29/h3-27H,1-2H3. The van der Waals surface area contributed by atoms with Crippen LogP contribution in [0.5, 0.6) is 0 Å². The normalized spacial score (nSPS) is 13.2. The summed E-state index contributed by atoms with van der Waals surface area (Å²) in [7, 11) is 0. The number of fused-ring (bicyclic) bond motifs is 7. The molecule has 0 bridgehead atoms. The molecule has 2 heterocycles. The molecular weight excluding hydrogens is 558 g/mol. The van der Waals surface area contributed by atoms with Gasteiger partial charge in [0, 0.05) is 27.3 Å². The molecule has 1 aliphatic rings. The summed E-state index contributed by atoms with van der Waals surface area (Å²) in [6.07, 6.45) is 0. The van der Waals surface area contributed by atoms with Gasteiger partial charge in [-0.3, -0.25) is 0 Å². The third kappa shape index (κ3) is 4.14. The topological polar surface area (TPSA) is 26.0 Å². The molecular formula is C44H31NO. The third-order valence-electron chi connectivity index (χ3n) is 9.67. The summed E-state index contributed by atoms with van der Waals surface area (Å²) in [6.45, 7) is 4.67. The number of aromatic nitrogens is 1. The summed E-state index contributed by atoms with van der Waals surface area (Å²) in [5.74, 6) is 0. The molecule has 9 rings (SSSR count). The minimum atomic E-state index is -0.101. The Morgan fingerprint density at radius 2 is 1.04 bits per heavy atom. The van der Waals surface area contributed by atoms with Gasteiger partial charge in [0.15, 0.2) is 0 Å². The average molecular weight is 590 g/mol. The van der Waals surface area contributed by atoms with Gasteiger partial charge >= 0.3 is 0 Å². The van der Waals surface area contributed by atoms with E-state index < -0.39 is 0 Å². The highest BCUT2D eigenvalue weighted by Crippen LogP contribution is 2.53. The molecule has 2 heteroatoms. The molecule has 0 atom stereocenters. The zero-order valence-corrected chi connectivity index (χ0v) is 25.8. The van der Waals surface area contributed by atoms with Gasteiger partial charge in [0.25, 0.3) is 0 Å². The maximum Gasteiger partial charge on any atom is 0.136 e. The maximum absolute atomic E-state index is 6.32. The number of hydrogen-bond acceptors (Lipinski definition) is 2. The molecule has 46 heavy (non-hydrogen) atoms. The summed E-state index contributed by atoms with van der Waals surface area (Å²) in [4.78, 5) is 5.09. The first kappa shape index (κ1) is 26.7. The first-order chi connectivity index (χ1) is 22.5. The van der Waals surface area contributed by atoms with E-state index in [1.54, 1.807) is 0 Å². The number of para-hydroxylation sites is 1. The van der Waals surface area contributed by atoms with Gasteiger partial charge in [-0.2, -0.15) is 0 Å². The van der Waals surface area contributed by atoms with Gasteiger partial charge in [-0.15, -0.1) is 0 Å². The third-order valence-corrected chi connectivity index (χ3v) is 9.67. The lowest BCUT2D eigenvalue weighted by atomic mass is 9.82. The van der Waals surface area contributed by atoms with Crippen LogP contribution in [-0.2, 0) is 5.41 Å². The Labute approximate surface area is 268 Å². The lowest BCUT2D eigenvalue weighted by Gasteiger charge is -2.21. The van der Waals surface area contributed by atoms with Crippen LogP contribution in [0.4, 0.5) is 0 Å². The van der Waals surface area contributed by atoms with Crippen molar-refractivity contribution in [2.24, 2.45) is 0 Å². The summed E-state index contributed by atoms with van der Waals surface area (Å²) >= 11 is 0. The summed E-state index contributed by atoms with van der Waals surface area (Å²) in [5, 5.41) is 2.39. The van der Waals surface area contributed by atoms with Crippen molar-refractivity contribution in [3.8, 4) is 55.9 Å². The molecule has 8 aromatic rings. The van der Waals surface area contributed by atoms with Crippen LogP contribution in [0.2, 0.25) is 0 Å². The van der Waals surface area contributed by atoms with Gasteiger partial charge in [0.1, 0.15) is 11.2 Å². The first-order valence-electron chi connectivity index (χ1n) is 15.9.